The van der Waals surface area contributed by atoms with Gasteiger partial charge in [0, 0.05) is 30.4 Å². The lowest BCUT2D eigenvalue weighted by molar-refractivity contribution is 0.300. The summed E-state index contributed by atoms with van der Waals surface area (Å²) >= 11 is 0. The van der Waals surface area contributed by atoms with E-state index in [1.165, 1.54) is 44.2 Å². The largest absolute Gasteiger partial charge is 0.313 e. The monoisotopic (exact) mass is 577 g/mol. The Morgan fingerprint density at radius 3 is 2.35 bits per heavy atom. The van der Waals surface area contributed by atoms with Crippen LogP contribution < -0.4 is 10.0 Å². The third-order valence-electron chi connectivity index (χ3n) is 7.82. The van der Waals surface area contributed by atoms with Gasteiger partial charge in [0.15, 0.2) is 11.6 Å². The molecule has 1 heterocycles. The predicted molar refractivity (Wildman–Crippen MR) is 146 cm³/mol. The fourth-order valence-electron chi connectivity index (χ4n) is 5.68. The van der Waals surface area contributed by atoms with Gasteiger partial charge in [0.2, 0.25) is 10.0 Å². The lowest BCUT2D eigenvalue weighted by Crippen LogP contribution is -2.42. The standard InChI is InChI=1S/C23H28F2N2.C7H7F2NO2S/c24-21-12-18-8-9-23(27-15-16-5-2-1-3-6-16)20(19(18)13-22(21)25)11-17-7-4-10-26-14-17;1-10-13(11,12)7-3-2-5(8)4-6(7)9/h4,7,10,12-14,16,20,23,27H,1-3,5-6,8-9,11,15H2;2-4,10H,1H3. The molecule has 5 rings (SSSR count). The molecule has 10 heteroatoms. The van der Waals surface area contributed by atoms with Crippen LogP contribution in [-0.2, 0) is 22.9 Å². The van der Waals surface area contributed by atoms with E-state index >= 15 is 0 Å². The third-order valence-corrected chi connectivity index (χ3v) is 9.26. The second-order valence-electron chi connectivity index (χ2n) is 10.5. The van der Waals surface area contributed by atoms with E-state index in [9.17, 15) is 26.0 Å². The Morgan fingerprint density at radius 2 is 1.68 bits per heavy atom. The van der Waals surface area contributed by atoms with Crippen LogP contribution in [0.4, 0.5) is 17.6 Å². The zero-order valence-corrected chi connectivity index (χ0v) is 23.3. The van der Waals surface area contributed by atoms with Gasteiger partial charge in [-0.05, 0) is 98.6 Å². The SMILES string of the molecule is CNS(=O)(=O)c1ccc(F)cc1F.Fc1cc2c(cc1F)C(Cc1cccnc1)C(NCC1CCCCC1)CC2. The molecule has 1 saturated carbocycles. The van der Waals surface area contributed by atoms with Crippen molar-refractivity contribution in [3.63, 3.8) is 0 Å². The van der Waals surface area contributed by atoms with E-state index in [1.54, 1.807) is 6.20 Å². The normalized spacial score (nSPS) is 19.4. The number of rotatable bonds is 7. The molecule has 216 valence electrons. The predicted octanol–water partition coefficient (Wildman–Crippen LogP) is 6.04. The molecule has 2 aliphatic carbocycles. The summed E-state index contributed by atoms with van der Waals surface area (Å²) in [6, 6.07) is 9.41. The lowest BCUT2D eigenvalue weighted by atomic mass is 9.76. The van der Waals surface area contributed by atoms with Crippen molar-refractivity contribution in [2.24, 2.45) is 5.92 Å². The van der Waals surface area contributed by atoms with Crippen molar-refractivity contribution in [3.05, 3.63) is 94.8 Å². The van der Waals surface area contributed by atoms with Crippen LogP contribution >= 0.6 is 0 Å². The number of halogens is 4. The number of nitrogens with zero attached hydrogens (tertiary/aromatic N) is 1. The molecule has 0 amide bonds. The van der Waals surface area contributed by atoms with Crippen molar-refractivity contribution in [3.8, 4) is 0 Å². The van der Waals surface area contributed by atoms with Crippen LogP contribution in [0.2, 0.25) is 0 Å². The summed E-state index contributed by atoms with van der Waals surface area (Å²) in [7, 11) is -2.69. The van der Waals surface area contributed by atoms with E-state index in [0.717, 1.165) is 67.6 Å². The molecular weight excluding hydrogens is 542 g/mol. The first-order valence-electron chi connectivity index (χ1n) is 13.7. The molecule has 2 N–H and O–H groups in total. The van der Waals surface area contributed by atoms with E-state index in [4.69, 9.17) is 0 Å². The van der Waals surface area contributed by atoms with E-state index in [-0.39, 0.29) is 5.92 Å². The van der Waals surface area contributed by atoms with Crippen LogP contribution in [0.25, 0.3) is 0 Å². The summed E-state index contributed by atoms with van der Waals surface area (Å²) in [4.78, 5) is 3.67. The molecular formula is C30H35F4N3O2S. The second-order valence-corrected chi connectivity index (χ2v) is 12.3. The third kappa shape index (κ3) is 7.67. The van der Waals surface area contributed by atoms with Gasteiger partial charge in [0.05, 0.1) is 0 Å². The Labute approximate surface area is 233 Å². The maximum absolute atomic E-state index is 14.0. The molecule has 1 aromatic heterocycles. The average Bonchev–Trinajstić information content (AvgIpc) is 2.95. The van der Waals surface area contributed by atoms with Crippen molar-refractivity contribution < 1.29 is 26.0 Å². The molecule has 0 spiro atoms. The van der Waals surface area contributed by atoms with Gasteiger partial charge in [0.1, 0.15) is 16.5 Å². The molecule has 0 bridgehead atoms. The number of nitrogens with one attached hydrogen (secondary N) is 2. The first kappa shape index (κ1) is 30.1. The lowest BCUT2D eigenvalue weighted by Gasteiger charge is -2.36. The van der Waals surface area contributed by atoms with Crippen molar-refractivity contribution in [1.82, 2.24) is 15.0 Å². The number of aryl methyl sites for hydroxylation is 1. The molecule has 2 atom stereocenters. The zero-order chi connectivity index (χ0) is 28.7. The summed E-state index contributed by atoms with van der Waals surface area (Å²) in [6.45, 7) is 1.03. The maximum atomic E-state index is 14.0. The fourth-order valence-corrected chi connectivity index (χ4v) is 6.46. The number of pyridine rings is 1. The van der Waals surface area contributed by atoms with Crippen LogP contribution in [-0.4, -0.2) is 33.0 Å². The zero-order valence-electron chi connectivity index (χ0n) is 22.5. The summed E-state index contributed by atoms with van der Waals surface area (Å²) < 4.78 is 77.1. The Balaban J connectivity index is 0.000000240. The summed E-state index contributed by atoms with van der Waals surface area (Å²) in [5.74, 6) is -2.48. The molecule has 2 unspecified atom stereocenters. The average molecular weight is 578 g/mol. The van der Waals surface area contributed by atoms with Gasteiger partial charge in [-0.3, -0.25) is 4.98 Å². The molecule has 2 aromatic carbocycles. The number of hydrogen-bond donors (Lipinski definition) is 2. The van der Waals surface area contributed by atoms with Crippen LogP contribution in [0, 0.1) is 29.2 Å². The number of sulfonamides is 1. The highest BCUT2D eigenvalue weighted by atomic mass is 32.2. The number of benzene rings is 2. The van der Waals surface area contributed by atoms with Crippen molar-refractivity contribution in [1.29, 1.82) is 0 Å². The van der Waals surface area contributed by atoms with E-state index in [2.05, 4.69) is 16.4 Å². The molecule has 2 aliphatic rings. The Kier molecular flexibility index (Phi) is 10.3. The Hall–Kier alpha value is -2.82. The van der Waals surface area contributed by atoms with Gasteiger partial charge in [-0.25, -0.2) is 30.7 Å². The van der Waals surface area contributed by atoms with Gasteiger partial charge < -0.3 is 5.32 Å². The Morgan fingerprint density at radius 1 is 0.925 bits per heavy atom. The van der Waals surface area contributed by atoms with Crippen LogP contribution in [0.15, 0.2) is 59.8 Å². The summed E-state index contributed by atoms with van der Waals surface area (Å²) in [5, 5.41) is 3.80. The first-order chi connectivity index (χ1) is 19.2. The highest BCUT2D eigenvalue weighted by Gasteiger charge is 2.31. The molecule has 0 aliphatic heterocycles. The van der Waals surface area contributed by atoms with E-state index in [1.807, 2.05) is 17.0 Å². The minimum atomic E-state index is -3.84. The number of fused-ring (bicyclic) bond motifs is 1. The number of hydrogen-bond acceptors (Lipinski definition) is 4. The Bertz CT molecular complexity index is 1380. The second kappa shape index (κ2) is 13.7. The maximum Gasteiger partial charge on any atom is 0.243 e. The van der Waals surface area contributed by atoms with Gasteiger partial charge in [-0.2, -0.15) is 0 Å². The van der Waals surface area contributed by atoms with Gasteiger partial charge in [-0.1, -0.05) is 25.3 Å². The quantitative estimate of drug-likeness (QED) is 0.336. The minimum Gasteiger partial charge on any atom is -0.313 e. The summed E-state index contributed by atoms with van der Waals surface area (Å²) in [6.07, 6.45) is 12.9. The molecule has 40 heavy (non-hydrogen) atoms. The highest BCUT2D eigenvalue weighted by molar-refractivity contribution is 7.89. The van der Waals surface area contributed by atoms with Crippen molar-refractivity contribution in [2.75, 3.05) is 13.6 Å². The number of aromatic nitrogens is 1. The van der Waals surface area contributed by atoms with E-state index in [0.29, 0.717) is 12.1 Å². The van der Waals surface area contributed by atoms with Gasteiger partial charge in [0.25, 0.3) is 0 Å². The molecule has 5 nitrogen and oxygen atoms in total. The van der Waals surface area contributed by atoms with Crippen molar-refractivity contribution >= 4 is 10.0 Å². The summed E-state index contributed by atoms with van der Waals surface area (Å²) in [5.41, 5.74) is 3.06. The molecule has 3 aromatic rings. The topological polar surface area (TPSA) is 71.1 Å². The highest BCUT2D eigenvalue weighted by Crippen LogP contribution is 2.36. The van der Waals surface area contributed by atoms with Crippen LogP contribution in [0.3, 0.4) is 0 Å². The fraction of sp³-hybridized carbons (Fsp3) is 0.433. The molecule has 0 radical (unpaired) electrons. The van der Waals surface area contributed by atoms with Gasteiger partial charge in [-0.15, -0.1) is 0 Å². The first-order valence-corrected chi connectivity index (χ1v) is 15.1. The van der Waals surface area contributed by atoms with Crippen LogP contribution in [0.1, 0.15) is 61.1 Å². The van der Waals surface area contributed by atoms with E-state index < -0.39 is 38.2 Å². The van der Waals surface area contributed by atoms with Crippen LogP contribution in [0.5, 0.6) is 0 Å². The molecule has 1 fully saturated rings. The van der Waals surface area contributed by atoms with Gasteiger partial charge >= 0.3 is 0 Å². The molecule has 0 saturated heterocycles. The smallest absolute Gasteiger partial charge is 0.243 e. The minimum absolute atomic E-state index is 0.150. The van der Waals surface area contributed by atoms with Crippen molar-refractivity contribution in [2.45, 2.75) is 68.2 Å².